The molecule has 0 bridgehead atoms. The number of rotatable bonds is 5. The molecule has 0 unspecified atom stereocenters. The predicted molar refractivity (Wildman–Crippen MR) is 70.8 cm³/mol. The molecule has 2 atom stereocenters. The first-order valence-corrected chi connectivity index (χ1v) is 6.93. The van der Waals surface area contributed by atoms with Crippen molar-refractivity contribution in [2.24, 2.45) is 11.8 Å². The lowest BCUT2D eigenvalue weighted by Gasteiger charge is -2.19. The molecule has 1 aromatic heterocycles. The van der Waals surface area contributed by atoms with E-state index >= 15 is 0 Å². The Hall–Kier alpha value is -1.85. The fourth-order valence-corrected chi connectivity index (χ4v) is 2.65. The van der Waals surface area contributed by atoms with Crippen LogP contribution >= 0.6 is 0 Å². The minimum atomic E-state index is -0.800. The zero-order valence-corrected chi connectivity index (χ0v) is 11.8. The molecule has 1 fully saturated rings. The Morgan fingerprint density at radius 3 is 2.70 bits per heavy atom. The van der Waals surface area contributed by atoms with Crippen LogP contribution in [0, 0.1) is 11.8 Å². The molecule has 6 nitrogen and oxygen atoms in total. The number of amides is 1. The molecular formula is C14H20N2O4. The molecule has 0 aromatic carbocycles. The molecule has 0 saturated heterocycles. The lowest BCUT2D eigenvalue weighted by Crippen LogP contribution is -2.31. The summed E-state index contributed by atoms with van der Waals surface area (Å²) < 4.78 is 5.16. The third-order valence-electron chi connectivity index (χ3n) is 3.87. The predicted octanol–water partition coefficient (Wildman–Crippen LogP) is 1.70. The Morgan fingerprint density at radius 1 is 1.45 bits per heavy atom. The zero-order valence-electron chi connectivity index (χ0n) is 11.8. The van der Waals surface area contributed by atoms with Crippen molar-refractivity contribution in [2.75, 3.05) is 7.05 Å². The van der Waals surface area contributed by atoms with Crippen LogP contribution in [-0.4, -0.2) is 34.1 Å². The first-order chi connectivity index (χ1) is 9.51. The average Bonchev–Trinajstić information content (AvgIpc) is 3.06. The lowest BCUT2D eigenvalue weighted by atomic mass is 10.0. The van der Waals surface area contributed by atoms with Gasteiger partial charge in [0.1, 0.15) is 0 Å². The highest BCUT2D eigenvalue weighted by Gasteiger charge is 2.35. The average molecular weight is 280 g/mol. The molecular weight excluding hydrogens is 260 g/mol. The molecule has 0 aliphatic heterocycles. The Labute approximate surface area is 117 Å². The standard InChI is InChI=1S/C14H20N2O4/c1-3-11-7-12(20-15-11)8-16(2)13(17)9-4-5-10(6-9)14(18)19/h7,9-10H,3-6,8H2,1-2H3,(H,18,19)/t9-,10+/m0/s1. The topological polar surface area (TPSA) is 83.6 Å². The molecule has 6 heteroatoms. The van der Waals surface area contributed by atoms with Crippen LogP contribution in [0.3, 0.4) is 0 Å². The number of nitrogens with zero attached hydrogens (tertiary/aromatic N) is 2. The number of carboxylic acid groups (broad SMARTS) is 1. The highest BCUT2D eigenvalue weighted by Crippen LogP contribution is 2.32. The first kappa shape index (κ1) is 14.6. The van der Waals surface area contributed by atoms with E-state index in [4.69, 9.17) is 9.63 Å². The van der Waals surface area contributed by atoms with E-state index in [9.17, 15) is 9.59 Å². The van der Waals surface area contributed by atoms with Gasteiger partial charge in [-0.3, -0.25) is 9.59 Å². The van der Waals surface area contributed by atoms with E-state index in [1.807, 2.05) is 13.0 Å². The minimum Gasteiger partial charge on any atom is -0.481 e. The molecule has 1 aromatic rings. The van der Waals surface area contributed by atoms with Crippen molar-refractivity contribution >= 4 is 11.9 Å². The molecule has 1 heterocycles. The Morgan fingerprint density at radius 2 is 2.15 bits per heavy atom. The monoisotopic (exact) mass is 280 g/mol. The summed E-state index contributed by atoms with van der Waals surface area (Å²) in [6.45, 7) is 2.36. The van der Waals surface area contributed by atoms with Crippen LogP contribution in [0.2, 0.25) is 0 Å². The summed E-state index contributed by atoms with van der Waals surface area (Å²) in [5.74, 6) is -0.719. The molecule has 1 N–H and O–H groups in total. The van der Waals surface area contributed by atoms with E-state index < -0.39 is 5.97 Å². The number of aromatic nitrogens is 1. The zero-order chi connectivity index (χ0) is 14.7. The maximum absolute atomic E-state index is 12.3. The summed E-state index contributed by atoms with van der Waals surface area (Å²) >= 11 is 0. The van der Waals surface area contributed by atoms with Crippen molar-refractivity contribution in [3.63, 3.8) is 0 Å². The van der Waals surface area contributed by atoms with Crippen LogP contribution in [-0.2, 0) is 22.6 Å². The Kier molecular flexibility index (Phi) is 4.42. The van der Waals surface area contributed by atoms with Gasteiger partial charge in [-0.1, -0.05) is 12.1 Å². The smallest absolute Gasteiger partial charge is 0.306 e. The quantitative estimate of drug-likeness (QED) is 0.887. The van der Waals surface area contributed by atoms with Crippen molar-refractivity contribution in [3.8, 4) is 0 Å². The van der Waals surface area contributed by atoms with Gasteiger partial charge in [-0.25, -0.2) is 0 Å². The molecule has 1 saturated carbocycles. The van der Waals surface area contributed by atoms with Gasteiger partial charge in [0.05, 0.1) is 18.2 Å². The van der Waals surface area contributed by atoms with Gasteiger partial charge >= 0.3 is 5.97 Å². The van der Waals surface area contributed by atoms with Crippen LogP contribution < -0.4 is 0 Å². The summed E-state index contributed by atoms with van der Waals surface area (Å²) in [4.78, 5) is 24.8. The second kappa shape index (κ2) is 6.07. The normalized spacial score (nSPS) is 21.9. The summed E-state index contributed by atoms with van der Waals surface area (Å²) in [5.41, 5.74) is 0.868. The summed E-state index contributed by atoms with van der Waals surface area (Å²) in [6.07, 6.45) is 2.47. The molecule has 0 spiro atoms. The van der Waals surface area contributed by atoms with Gasteiger partial charge in [0, 0.05) is 19.0 Å². The molecule has 1 amide bonds. The van der Waals surface area contributed by atoms with E-state index in [1.165, 1.54) is 0 Å². The number of carbonyl (C=O) groups excluding carboxylic acids is 1. The van der Waals surface area contributed by atoms with Gasteiger partial charge in [-0.15, -0.1) is 0 Å². The van der Waals surface area contributed by atoms with E-state index in [-0.39, 0.29) is 17.7 Å². The maximum atomic E-state index is 12.3. The number of hydrogen-bond acceptors (Lipinski definition) is 4. The van der Waals surface area contributed by atoms with Gasteiger partial charge in [0.25, 0.3) is 0 Å². The second-order valence-corrected chi connectivity index (χ2v) is 5.38. The fourth-order valence-electron chi connectivity index (χ4n) is 2.65. The lowest BCUT2D eigenvalue weighted by molar-refractivity contribution is -0.141. The summed E-state index contributed by atoms with van der Waals surface area (Å²) in [6, 6.07) is 1.85. The van der Waals surface area contributed by atoms with Gasteiger partial charge in [0.2, 0.25) is 5.91 Å². The highest BCUT2D eigenvalue weighted by atomic mass is 16.5. The third-order valence-corrected chi connectivity index (χ3v) is 3.87. The first-order valence-electron chi connectivity index (χ1n) is 6.93. The minimum absolute atomic E-state index is 0.0109. The van der Waals surface area contributed by atoms with Crippen LogP contribution in [0.15, 0.2) is 10.6 Å². The van der Waals surface area contributed by atoms with Crippen molar-refractivity contribution in [1.29, 1.82) is 0 Å². The van der Waals surface area contributed by atoms with Gasteiger partial charge in [0.15, 0.2) is 5.76 Å². The van der Waals surface area contributed by atoms with Crippen molar-refractivity contribution in [2.45, 2.75) is 39.2 Å². The number of aryl methyl sites for hydroxylation is 1. The fraction of sp³-hybridized carbons (Fsp3) is 0.643. The maximum Gasteiger partial charge on any atom is 0.306 e. The molecule has 2 rings (SSSR count). The number of carboxylic acids is 1. The molecule has 20 heavy (non-hydrogen) atoms. The largest absolute Gasteiger partial charge is 0.481 e. The van der Waals surface area contributed by atoms with E-state index in [2.05, 4.69) is 5.16 Å². The van der Waals surface area contributed by atoms with E-state index in [0.717, 1.165) is 12.1 Å². The summed E-state index contributed by atoms with van der Waals surface area (Å²) in [7, 11) is 1.71. The summed E-state index contributed by atoms with van der Waals surface area (Å²) in [5, 5.41) is 12.9. The number of carbonyl (C=O) groups is 2. The van der Waals surface area contributed by atoms with Crippen molar-refractivity contribution in [3.05, 3.63) is 17.5 Å². The van der Waals surface area contributed by atoms with Gasteiger partial charge in [-0.2, -0.15) is 0 Å². The van der Waals surface area contributed by atoms with Gasteiger partial charge in [-0.05, 0) is 25.7 Å². The second-order valence-electron chi connectivity index (χ2n) is 5.38. The van der Waals surface area contributed by atoms with Gasteiger partial charge < -0.3 is 14.5 Å². The van der Waals surface area contributed by atoms with Crippen LogP contribution in [0.25, 0.3) is 0 Å². The van der Waals surface area contributed by atoms with Crippen LogP contribution in [0.5, 0.6) is 0 Å². The number of aliphatic carboxylic acids is 1. The SMILES string of the molecule is CCc1cc(CN(C)C(=O)[C@H]2CC[C@@H](C(=O)O)C2)on1. The van der Waals surface area contributed by atoms with Crippen molar-refractivity contribution < 1.29 is 19.2 Å². The van der Waals surface area contributed by atoms with Crippen LogP contribution in [0.4, 0.5) is 0 Å². The van der Waals surface area contributed by atoms with E-state index in [0.29, 0.717) is 31.6 Å². The Balaban J connectivity index is 1.90. The molecule has 1 aliphatic carbocycles. The van der Waals surface area contributed by atoms with E-state index in [1.54, 1.807) is 11.9 Å². The van der Waals surface area contributed by atoms with Crippen molar-refractivity contribution in [1.82, 2.24) is 10.1 Å². The molecule has 110 valence electrons. The third kappa shape index (κ3) is 3.18. The number of hydrogen-bond donors (Lipinski definition) is 1. The Bertz CT molecular complexity index is 497. The molecule has 0 radical (unpaired) electrons. The highest BCUT2D eigenvalue weighted by molar-refractivity contribution is 5.80. The molecule has 1 aliphatic rings. The van der Waals surface area contributed by atoms with Crippen LogP contribution in [0.1, 0.15) is 37.6 Å².